The van der Waals surface area contributed by atoms with Crippen molar-refractivity contribution < 1.29 is 9.13 Å². The zero-order valence-corrected chi connectivity index (χ0v) is 12.6. The standard InChI is InChI=1S/C16H25FN2O/c1-11-6-7-19(10-12(11)2)15(9-18)13-4-5-16(20-3)14(17)8-13/h4-5,8,11-12,15H,6-7,9-10,18H2,1-3H3. The van der Waals surface area contributed by atoms with Crippen LogP contribution in [0, 0.1) is 17.7 Å². The maximum absolute atomic E-state index is 13.9. The Balaban J connectivity index is 2.17. The maximum Gasteiger partial charge on any atom is 0.165 e. The van der Waals surface area contributed by atoms with E-state index in [0.717, 1.165) is 24.6 Å². The molecule has 4 heteroatoms. The lowest BCUT2D eigenvalue weighted by molar-refractivity contribution is 0.0981. The third kappa shape index (κ3) is 3.13. The van der Waals surface area contributed by atoms with Gasteiger partial charge < -0.3 is 10.5 Å². The highest BCUT2D eigenvalue weighted by Gasteiger charge is 2.28. The highest BCUT2D eigenvalue weighted by atomic mass is 19.1. The number of nitrogens with two attached hydrogens (primary N) is 1. The molecule has 0 aliphatic carbocycles. The lowest BCUT2D eigenvalue weighted by Gasteiger charge is -2.40. The molecule has 1 aromatic carbocycles. The molecule has 2 N–H and O–H groups in total. The summed E-state index contributed by atoms with van der Waals surface area (Å²) in [6.45, 7) is 7.14. The van der Waals surface area contributed by atoms with Gasteiger partial charge in [0, 0.05) is 19.1 Å². The van der Waals surface area contributed by atoms with Gasteiger partial charge in [0.2, 0.25) is 0 Å². The van der Waals surface area contributed by atoms with Crippen molar-refractivity contribution in [2.24, 2.45) is 17.6 Å². The lowest BCUT2D eigenvalue weighted by atomic mass is 9.87. The zero-order valence-electron chi connectivity index (χ0n) is 12.6. The van der Waals surface area contributed by atoms with Crippen molar-refractivity contribution in [3.05, 3.63) is 29.6 Å². The Morgan fingerprint density at radius 2 is 2.15 bits per heavy atom. The van der Waals surface area contributed by atoms with E-state index < -0.39 is 0 Å². The van der Waals surface area contributed by atoms with Crippen molar-refractivity contribution in [2.75, 3.05) is 26.7 Å². The first-order chi connectivity index (χ1) is 9.56. The first kappa shape index (κ1) is 15.3. The second-order valence-corrected chi connectivity index (χ2v) is 5.88. The van der Waals surface area contributed by atoms with Gasteiger partial charge in [0.15, 0.2) is 11.6 Å². The minimum Gasteiger partial charge on any atom is -0.494 e. The number of piperidine rings is 1. The van der Waals surface area contributed by atoms with Gasteiger partial charge in [-0.3, -0.25) is 4.90 Å². The number of likely N-dealkylation sites (tertiary alicyclic amines) is 1. The fourth-order valence-corrected chi connectivity index (χ4v) is 2.96. The molecule has 112 valence electrons. The van der Waals surface area contributed by atoms with Crippen LogP contribution >= 0.6 is 0 Å². The van der Waals surface area contributed by atoms with Gasteiger partial charge in [-0.05, 0) is 42.5 Å². The SMILES string of the molecule is COc1ccc(C(CN)N2CCC(C)C(C)C2)cc1F. The smallest absolute Gasteiger partial charge is 0.165 e. The Labute approximate surface area is 120 Å². The number of halogens is 1. The van der Waals surface area contributed by atoms with E-state index in [2.05, 4.69) is 18.7 Å². The molecule has 0 saturated carbocycles. The summed E-state index contributed by atoms with van der Waals surface area (Å²) in [6.07, 6.45) is 1.18. The Morgan fingerprint density at radius 3 is 2.70 bits per heavy atom. The van der Waals surface area contributed by atoms with E-state index in [1.165, 1.54) is 13.5 Å². The van der Waals surface area contributed by atoms with E-state index >= 15 is 0 Å². The topological polar surface area (TPSA) is 38.5 Å². The van der Waals surface area contributed by atoms with Gasteiger partial charge in [0.05, 0.1) is 7.11 Å². The molecule has 3 unspecified atom stereocenters. The maximum atomic E-state index is 13.9. The molecule has 2 rings (SSSR count). The summed E-state index contributed by atoms with van der Waals surface area (Å²) in [4.78, 5) is 2.38. The van der Waals surface area contributed by atoms with Crippen molar-refractivity contribution in [3.63, 3.8) is 0 Å². The van der Waals surface area contributed by atoms with Gasteiger partial charge >= 0.3 is 0 Å². The van der Waals surface area contributed by atoms with Crippen molar-refractivity contribution in [2.45, 2.75) is 26.3 Å². The predicted octanol–water partition coefficient (Wildman–Crippen LogP) is 2.81. The second kappa shape index (κ2) is 6.55. The van der Waals surface area contributed by atoms with Crippen molar-refractivity contribution in [3.8, 4) is 5.75 Å². The van der Waals surface area contributed by atoms with Gasteiger partial charge in [0.25, 0.3) is 0 Å². The molecule has 20 heavy (non-hydrogen) atoms. The minimum atomic E-state index is -0.318. The minimum absolute atomic E-state index is 0.0883. The van der Waals surface area contributed by atoms with Crippen LogP contribution in [0.3, 0.4) is 0 Å². The van der Waals surface area contributed by atoms with E-state index in [1.807, 2.05) is 6.07 Å². The van der Waals surface area contributed by atoms with Crippen LogP contribution in [0.5, 0.6) is 5.75 Å². The van der Waals surface area contributed by atoms with Crippen molar-refractivity contribution in [1.82, 2.24) is 4.90 Å². The van der Waals surface area contributed by atoms with E-state index in [9.17, 15) is 4.39 Å². The number of hydrogen-bond acceptors (Lipinski definition) is 3. The van der Waals surface area contributed by atoms with Crippen LogP contribution in [0.25, 0.3) is 0 Å². The molecule has 0 amide bonds. The lowest BCUT2D eigenvalue weighted by Crippen LogP contribution is -2.43. The first-order valence-corrected chi connectivity index (χ1v) is 7.34. The molecule has 0 radical (unpaired) electrons. The summed E-state index contributed by atoms with van der Waals surface area (Å²) in [6, 6.07) is 5.25. The molecule has 1 saturated heterocycles. The van der Waals surface area contributed by atoms with Crippen LogP contribution in [0.15, 0.2) is 18.2 Å². The number of hydrogen-bond donors (Lipinski definition) is 1. The number of benzene rings is 1. The van der Waals surface area contributed by atoms with Gasteiger partial charge in [-0.2, -0.15) is 0 Å². The summed E-state index contributed by atoms with van der Waals surface area (Å²) >= 11 is 0. The summed E-state index contributed by atoms with van der Waals surface area (Å²) in [7, 11) is 1.48. The third-order valence-corrected chi connectivity index (χ3v) is 4.59. The van der Waals surface area contributed by atoms with Crippen molar-refractivity contribution >= 4 is 0 Å². The van der Waals surface area contributed by atoms with E-state index in [0.29, 0.717) is 12.5 Å². The largest absolute Gasteiger partial charge is 0.494 e. The molecule has 3 atom stereocenters. The Morgan fingerprint density at radius 1 is 1.40 bits per heavy atom. The van der Waals surface area contributed by atoms with Crippen LogP contribution < -0.4 is 10.5 Å². The normalized spacial score (nSPS) is 25.4. The summed E-state index contributed by atoms with van der Waals surface area (Å²) in [5, 5.41) is 0. The Kier molecular flexibility index (Phi) is 5.00. The van der Waals surface area contributed by atoms with Crippen molar-refractivity contribution in [1.29, 1.82) is 0 Å². The molecule has 1 aliphatic rings. The highest BCUT2D eigenvalue weighted by Crippen LogP contribution is 2.30. The fraction of sp³-hybridized carbons (Fsp3) is 0.625. The molecule has 1 aromatic rings. The van der Waals surface area contributed by atoms with E-state index in [-0.39, 0.29) is 17.6 Å². The second-order valence-electron chi connectivity index (χ2n) is 5.88. The molecule has 1 fully saturated rings. The fourth-order valence-electron chi connectivity index (χ4n) is 2.96. The van der Waals surface area contributed by atoms with E-state index in [1.54, 1.807) is 12.1 Å². The Bertz CT molecular complexity index is 452. The van der Waals surface area contributed by atoms with Gasteiger partial charge in [-0.25, -0.2) is 4.39 Å². The summed E-state index contributed by atoms with van der Waals surface area (Å²) in [5.41, 5.74) is 6.88. The Hall–Kier alpha value is -1.13. The molecule has 3 nitrogen and oxygen atoms in total. The van der Waals surface area contributed by atoms with Gasteiger partial charge in [0.1, 0.15) is 0 Å². The van der Waals surface area contributed by atoms with Crippen LogP contribution in [0.4, 0.5) is 4.39 Å². The number of rotatable bonds is 4. The van der Waals surface area contributed by atoms with Crippen LogP contribution in [0.1, 0.15) is 31.9 Å². The molecule has 0 aromatic heterocycles. The zero-order chi connectivity index (χ0) is 14.7. The number of nitrogens with zero attached hydrogens (tertiary/aromatic N) is 1. The average molecular weight is 280 g/mol. The quantitative estimate of drug-likeness (QED) is 0.921. The number of ether oxygens (including phenoxy) is 1. The number of methoxy groups -OCH3 is 1. The summed E-state index contributed by atoms with van der Waals surface area (Å²) < 4.78 is 18.8. The predicted molar refractivity (Wildman–Crippen MR) is 79.3 cm³/mol. The summed E-state index contributed by atoms with van der Waals surface area (Å²) in [5.74, 6) is 1.37. The third-order valence-electron chi connectivity index (χ3n) is 4.59. The van der Waals surface area contributed by atoms with Crippen LogP contribution in [0.2, 0.25) is 0 Å². The molecule has 0 spiro atoms. The first-order valence-electron chi connectivity index (χ1n) is 7.34. The molecule has 1 heterocycles. The van der Waals surface area contributed by atoms with Crippen LogP contribution in [-0.4, -0.2) is 31.6 Å². The molecular formula is C16H25FN2O. The molecule has 0 bridgehead atoms. The van der Waals surface area contributed by atoms with E-state index in [4.69, 9.17) is 10.5 Å². The molecule has 1 aliphatic heterocycles. The van der Waals surface area contributed by atoms with Gasteiger partial charge in [-0.1, -0.05) is 19.9 Å². The molecular weight excluding hydrogens is 255 g/mol. The van der Waals surface area contributed by atoms with Crippen LogP contribution in [-0.2, 0) is 0 Å². The van der Waals surface area contributed by atoms with Gasteiger partial charge in [-0.15, -0.1) is 0 Å². The average Bonchev–Trinajstić information content (AvgIpc) is 2.44. The monoisotopic (exact) mass is 280 g/mol. The highest BCUT2D eigenvalue weighted by molar-refractivity contribution is 5.31.